The van der Waals surface area contributed by atoms with Crippen LogP contribution in [0, 0.1) is 13.8 Å². The van der Waals surface area contributed by atoms with Gasteiger partial charge in [-0.2, -0.15) is 4.99 Å². The molecule has 140 valence electrons. The molecule has 1 aliphatic rings. The van der Waals surface area contributed by atoms with Crippen molar-refractivity contribution in [3.05, 3.63) is 65.9 Å². The number of para-hydroxylation sites is 1. The largest absolute Gasteiger partial charge is 0.310 e. The summed E-state index contributed by atoms with van der Waals surface area (Å²) in [6.07, 6.45) is 3.54. The van der Waals surface area contributed by atoms with Crippen LogP contribution in [-0.2, 0) is 0 Å². The third-order valence-electron chi connectivity index (χ3n) is 4.64. The van der Waals surface area contributed by atoms with Crippen molar-refractivity contribution < 1.29 is 0 Å². The molecule has 0 aliphatic carbocycles. The fourth-order valence-corrected chi connectivity index (χ4v) is 3.98. The van der Waals surface area contributed by atoms with Crippen LogP contribution in [0.4, 0.5) is 11.6 Å². The van der Waals surface area contributed by atoms with E-state index >= 15 is 0 Å². The number of rotatable bonds is 4. The molecule has 4 rings (SSSR count). The number of hydrogen-bond donors (Lipinski definition) is 0. The van der Waals surface area contributed by atoms with Gasteiger partial charge in [-0.15, -0.1) is 0 Å². The number of aromatic nitrogens is 2. The summed E-state index contributed by atoms with van der Waals surface area (Å²) in [5, 5.41) is 1.88. The minimum Gasteiger partial charge on any atom is -0.310 e. The minimum absolute atomic E-state index is 0.476. The highest BCUT2D eigenvalue weighted by atomic mass is 32.2. The van der Waals surface area contributed by atoms with E-state index in [-0.39, 0.29) is 0 Å². The van der Waals surface area contributed by atoms with Crippen molar-refractivity contribution in [2.45, 2.75) is 20.8 Å². The van der Waals surface area contributed by atoms with E-state index < -0.39 is 0 Å². The van der Waals surface area contributed by atoms with E-state index in [1.165, 1.54) is 16.8 Å². The fraction of sp³-hybridized carbons (Fsp3) is 0.182. The van der Waals surface area contributed by atoms with Gasteiger partial charge >= 0.3 is 0 Å². The summed E-state index contributed by atoms with van der Waals surface area (Å²) in [4.78, 5) is 20.2. The van der Waals surface area contributed by atoms with Crippen molar-refractivity contribution in [3.8, 4) is 0 Å². The van der Waals surface area contributed by atoms with E-state index in [1.54, 1.807) is 24.2 Å². The number of fused-ring (bicyclic) bond motifs is 1. The first-order chi connectivity index (χ1) is 13.6. The van der Waals surface area contributed by atoms with Crippen LogP contribution in [-0.4, -0.2) is 27.2 Å². The first-order valence-corrected chi connectivity index (χ1v) is 10.1. The first kappa shape index (κ1) is 18.4. The number of hydrogen-bond acceptors (Lipinski definition) is 5. The number of aryl methyl sites for hydroxylation is 2. The van der Waals surface area contributed by atoms with Crippen LogP contribution in [0.2, 0.25) is 0 Å². The van der Waals surface area contributed by atoms with Gasteiger partial charge in [-0.05, 0) is 44.0 Å². The Labute approximate surface area is 169 Å². The maximum absolute atomic E-state index is 4.68. The number of aliphatic imine (C=N–C) groups is 2. The Morgan fingerprint density at radius 1 is 1.21 bits per heavy atom. The topological polar surface area (TPSA) is 53.7 Å². The van der Waals surface area contributed by atoms with Crippen molar-refractivity contribution in [2.75, 3.05) is 10.8 Å². The Bertz CT molecular complexity index is 1110. The molecule has 5 nitrogen and oxygen atoms in total. The van der Waals surface area contributed by atoms with Crippen LogP contribution < -0.4 is 4.90 Å². The van der Waals surface area contributed by atoms with Crippen molar-refractivity contribution in [1.29, 1.82) is 0 Å². The SMILES string of the molecule is C=C(N=CC)c1ccc2nc(N=C3SCN3c3c(C)cccc3C)ncc2c1. The molecule has 0 saturated carbocycles. The molecular weight excluding hydrogens is 366 g/mol. The highest BCUT2D eigenvalue weighted by Gasteiger charge is 2.27. The first-order valence-electron chi connectivity index (χ1n) is 9.07. The molecule has 2 aromatic carbocycles. The summed E-state index contributed by atoms with van der Waals surface area (Å²) in [5.41, 5.74) is 6.26. The molecule has 1 fully saturated rings. The normalized spacial score (nSPS) is 15.4. The molecule has 6 heteroatoms. The lowest BCUT2D eigenvalue weighted by atomic mass is 10.1. The van der Waals surface area contributed by atoms with Gasteiger partial charge in [0.1, 0.15) is 0 Å². The average Bonchev–Trinajstić information content (AvgIpc) is 2.67. The second kappa shape index (κ2) is 7.56. The lowest BCUT2D eigenvalue weighted by molar-refractivity contribution is 1.13. The molecule has 0 spiro atoms. The zero-order chi connectivity index (χ0) is 19.7. The molecule has 1 aromatic heterocycles. The van der Waals surface area contributed by atoms with Gasteiger partial charge < -0.3 is 4.90 Å². The molecule has 0 radical (unpaired) electrons. The van der Waals surface area contributed by atoms with E-state index in [1.807, 2.05) is 25.1 Å². The van der Waals surface area contributed by atoms with E-state index in [9.17, 15) is 0 Å². The third kappa shape index (κ3) is 3.43. The zero-order valence-corrected chi connectivity index (χ0v) is 17.0. The van der Waals surface area contributed by atoms with Crippen LogP contribution >= 0.6 is 11.8 Å². The predicted octanol–water partition coefficient (Wildman–Crippen LogP) is 5.51. The van der Waals surface area contributed by atoms with Gasteiger partial charge in [0, 0.05) is 29.0 Å². The Hall–Kier alpha value is -2.99. The molecule has 3 aromatic rings. The molecule has 0 unspecified atom stereocenters. The summed E-state index contributed by atoms with van der Waals surface area (Å²) in [5.74, 6) is 1.37. The van der Waals surface area contributed by atoms with Gasteiger partial charge in [0.2, 0.25) is 0 Å². The number of benzene rings is 2. The van der Waals surface area contributed by atoms with Gasteiger partial charge in [-0.25, -0.2) is 9.97 Å². The van der Waals surface area contributed by atoms with E-state index in [0.29, 0.717) is 5.95 Å². The number of nitrogens with zero attached hydrogens (tertiary/aromatic N) is 5. The monoisotopic (exact) mass is 387 g/mol. The lowest BCUT2D eigenvalue weighted by Crippen LogP contribution is -2.39. The van der Waals surface area contributed by atoms with E-state index in [4.69, 9.17) is 0 Å². The van der Waals surface area contributed by atoms with E-state index in [2.05, 4.69) is 63.5 Å². The standard InChI is InChI=1S/C22H21N5S/c1-5-23-16(4)17-9-10-19-18(11-17)12-24-21(25-19)26-22-27(13-28-22)20-14(2)7-6-8-15(20)3/h5-12H,4,13H2,1-3H3. The highest BCUT2D eigenvalue weighted by molar-refractivity contribution is 8.16. The highest BCUT2D eigenvalue weighted by Crippen LogP contribution is 2.35. The number of thioether (sulfide) groups is 1. The maximum atomic E-state index is 4.68. The second-order valence-corrected chi connectivity index (χ2v) is 7.53. The van der Waals surface area contributed by atoms with Crippen LogP contribution in [0.15, 0.2) is 59.2 Å². The predicted molar refractivity (Wildman–Crippen MR) is 121 cm³/mol. The van der Waals surface area contributed by atoms with Gasteiger partial charge in [0.15, 0.2) is 5.17 Å². The Morgan fingerprint density at radius 2 is 2.00 bits per heavy atom. The Kier molecular flexibility index (Phi) is 4.96. The van der Waals surface area contributed by atoms with Crippen LogP contribution in [0.1, 0.15) is 23.6 Å². The maximum Gasteiger partial charge on any atom is 0.252 e. The molecule has 28 heavy (non-hydrogen) atoms. The van der Waals surface area contributed by atoms with Crippen molar-refractivity contribution >= 4 is 51.4 Å². The molecule has 0 amide bonds. The number of anilines is 1. The molecule has 2 heterocycles. The van der Waals surface area contributed by atoms with Crippen LogP contribution in [0.3, 0.4) is 0 Å². The summed E-state index contributed by atoms with van der Waals surface area (Å²) in [6.45, 7) is 10.1. The van der Waals surface area contributed by atoms with Crippen molar-refractivity contribution in [1.82, 2.24) is 9.97 Å². The van der Waals surface area contributed by atoms with E-state index in [0.717, 1.165) is 33.2 Å². The zero-order valence-electron chi connectivity index (χ0n) is 16.2. The number of amidine groups is 1. The summed E-state index contributed by atoms with van der Waals surface area (Å²) < 4.78 is 0. The Morgan fingerprint density at radius 3 is 2.68 bits per heavy atom. The lowest BCUT2D eigenvalue weighted by Gasteiger charge is -2.35. The smallest absolute Gasteiger partial charge is 0.252 e. The summed E-state index contributed by atoms with van der Waals surface area (Å²) in [7, 11) is 0. The van der Waals surface area contributed by atoms with Gasteiger partial charge in [0.05, 0.1) is 17.1 Å². The molecule has 0 bridgehead atoms. The summed E-state index contributed by atoms with van der Waals surface area (Å²) >= 11 is 1.71. The quantitative estimate of drug-likeness (QED) is 0.554. The molecular formula is C22H21N5S. The fourth-order valence-electron chi connectivity index (χ4n) is 3.24. The average molecular weight is 388 g/mol. The van der Waals surface area contributed by atoms with Gasteiger partial charge in [-0.1, -0.05) is 42.6 Å². The van der Waals surface area contributed by atoms with Gasteiger partial charge in [-0.3, -0.25) is 4.99 Å². The Balaban J connectivity index is 1.64. The molecule has 1 aliphatic heterocycles. The van der Waals surface area contributed by atoms with Crippen molar-refractivity contribution in [2.24, 2.45) is 9.98 Å². The van der Waals surface area contributed by atoms with Crippen LogP contribution in [0.25, 0.3) is 16.6 Å². The van der Waals surface area contributed by atoms with Crippen LogP contribution in [0.5, 0.6) is 0 Å². The molecule has 0 N–H and O–H groups in total. The molecule has 1 saturated heterocycles. The summed E-state index contributed by atoms with van der Waals surface area (Å²) in [6, 6.07) is 12.3. The third-order valence-corrected chi connectivity index (χ3v) is 5.60. The second-order valence-electron chi connectivity index (χ2n) is 6.61. The minimum atomic E-state index is 0.476. The van der Waals surface area contributed by atoms with Crippen molar-refractivity contribution in [3.63, 3.8) is 0 Å². The molecule has 0 atom stereocenters. The van der Waals surface area contributed by atoms with Gasteiger partial charge in [0.25, 0.3) is 5.95 Å².